The second-order valence-electron chi connectivity index (χ2n) is 13.2. The molecular formula is C35H45NO8Si. The first kappa shape index (κ1) is 32.8. The maximum atomic E-state index is 12.4. The Bertz CT molecular complexity index is 1460. The summed E-state index contributed by atoms with van der Waals surface area (Å²) >= 11 is 0. The Kier molecular flexibility index (Phi) is 9.79. The van der Waals surface area contributed by atoms with Gasteiger partial charge < -0.3 is 33.3 Å². The van der Waals surface area contributed by atoms with Crippen molar-refractivity contribution in [2.75, 3.05) is 25.3 Å². The van der Waals surface area contributed by atoms with Crippen LogP contribution in [0.15, 0.2) is 66.7 Å². The topological polar surface area (TPSA) is 99.2 Å². The molecule has 0 amide bonds. The molecule has 4 atom stereocenters. The monoisotopic (exact) mass is 635 g/mol. The summed E-state index contributed by atoms with van der Waals surface area (Å²) in [6.07, 6.45) is -1.56. The maximum Gasteiger partial charge on any atom is 0.329 e. The van der Waals surface area contributed by atoms with E-state index in [0.717, 1.165) is 16.9 Å². The molecule has 0 bridgehead atoms. The van der Waals surface area contributed by atoms with E-state index in [9.17, 15) is 9.90 Å². The van der Waals surface area contributed by atoms with Gasteiger partial charge in [0.15, 0.2) is 8.32 Å². The molecule has 2 aliphatic rings. The Balaban J connectivity index is 1.58. The summed E-state index contributed by atoms with van der Waals surface area (Å²) in [5.74, 6) is 1.01. The van der Waals surface area contributed by atoms with Crippen LogP contribution in [-0.4, -0.2) is 58.0 Å². The largest absolute Gasteiger partial charge is 0.497 e. The summed E-state index contributed by atoms with van der Waals surface area (Å²) in [5, 5.41) is 13.3. The molecule has 1 fully saturated rings. The van der Waals surface area contributed by atoms with Crippen molar-refractivity contribution < 1.29 is 38.1 Å². The van der Waals surface area contributed by atoms with E-state index in [1.165, 1.54) is 6.92 Å². The minimum absolute atomic E-state index is 0.0277. The minimum Gasteiger partial charge on any atom is -0.497 e. The van der Waals surface area contributed by atoms with Crippen LogP contribution in [0.5, 0.6) is 17.2 Å². The Morgan fingerprint density at radius 3 is 2.29 bits per heavy atom. The molecule has 242 valence electrons. The highest BCUT2D eigenvalue weighted by Crippen LogP contribution is 2.47. The van der Waals surface area contributed by atoms with Gasteiger partial charge >= 0.3 is 5.97 Å². The number of aliphatic hydroxyl groups is 1. The average Bonchev–Trinajstić information content (AvgIpc) is 3.77. The number of hydrogen-bond acceptors (Lipinski definition) is 9. The normalized spacial score (nSPS) is 21.1. The first-order chi connectivity index (χ1) is 21.4. The third kappa shape index (κ3) is 7.81. The van der Waals surface area contributed by atoms with Gasteiger partial charge in [-0.25, -0.2) is 5.06 Å². The lowest BCUT2D eigenvalue weighted by Gasteiger charge is -2.39. The molecule has 2 aliphatic heterocycles. The number of hydroxylamine groups is 1. The number of fused-ring (bicyclic) bond motifs is 2. The number of nitrogens with zero attached hydrogens (tertiary/aromatic N) is 1. The van der Waals surface area contributed by atoms with Crippen LogP contribution in [0.1, 0.15) is 50.3 Å². The van der Waals surface area contributed by atoms with Crippen molar-refractivity contribution >= 4 is 20.0 Å². The molecule has 5 rings (SSSR count). The fourth-order valence-corrected chi connectivity index (χ4v) is 6.26. The van der Waals surface area contributed by atoms with Crippen LogP contribution in [0.2, 0.25) is 18.1 Å². The van der Waals surface area contributed by atoms with Crippen LogP contribution >= 0.6 is 0 Å². The molecule has 3 aromatic rings. The van der Waals surface area contributed by atoms with Crippen LogP contribution in [0.3, 0.4) is 0 Å². The lowest BCUT2D eigenvalue weighted by atomic mass is 9.87. The zero-order valence-corrected chi connectivity index (χ0v) is 28.2. The van der Waals surface area contributed by atoms with Gasteiger partial charge in [0.1, 0.15) is 42.7 Å². The van der Waals surface area contributed by atoms with Gasteiger partial charge in [0.05, 0.1) is 25.4 Å². The number of anilines is 1. The van der Waals surface area contributed by atoms with Gasteiger partial charge in [-0.05, 0) is 65.7 Å². The molecule has 45 heavy (non-hydrogen) atoms. The highest BCUT2D eigenvalue weighted by Gasteiger charge is 2.52. The van der Waals surface area contributed by atoms with Gasteiger partial charge in [-0.15, -0.1) is 0 Å². The molecule has 10 heteroatoms. The Hall–Kier alpha value is -3.57. The number of epoxide rings is 1. The first-order valence-electron chi connectivity index (χ1n) is 15.4. The molecule has 1 N–H and O–H groups in total. The fourth-order valence-electron chi connectivity index (χ4n) is 5.23. The Morgan fingerprint density at radius 2 is 1.64 bits per heavy atom. The van der Waals surface area contributed by atoms with E-state index in [0.29, 0.717) is 29.4 Å². The Labute approximate surface area is 267 Å². The van der Waals surface area contributed by atoms with Crippen molar-refractivity contribution in [1.29, 1.82) is 0 Å². The van der Waals surface area contributed by atoms with Gasteiger partial charge in [0, 0.05) is 25.0 Å². The number of carbonyl (C=O) groups is 1. The number of aliphatic hydroxyl groups excluding tert-OH is 1. The number of carbonyl (C=O) groups excluding carboxylic acids is 1. The molecule has 3 aromatic carbocycles. The van der Waals surface area contributed by atoms with E-state index >= 15 is 0 Å². The SMILES string of the molecule is COc1ccc(OCc2cc(OCc3ccccc3)c3c(c2)N(OC(C)=O)C[C@H]2O[C@H]2[C@H](O)[C@H]3CO[Si](C)(C)C(C)(C)C)cc1. The van der Waals surface area contributed by atoms with Crippen molar-refractivity contribution in [2.45, 2.75) is 83.3 Å². The summed E-state index contributed by atoms with van der Waals surface area (Å²) < 4.78 is 30.6. The average molecular weight is 636 g/mol. The highest BCUT2D eigenvalue weighted by molar-refractivity contribution is 6.74. The molecule has 0 aromatic heterocycles. The lowest BCUT2D eigenvalue weighted by Crippen LogP contribution is -2.44. The van der Waals surface area contributed by atoms with Gasteiger partial charge in [-0.1, -0.05) is 51.1 Å². The van der Waals surface area contributed by atoms with Crippen molar-refractivity contribution in [3.8, 4) is 17.2 Å². The van der Waals surface area contributed by atoms with Crippen LogP contribution < -0.4 is 19.3 Å². The van der Waals surface area contributed by atoms with Crippen molar-refractivity contribution in [3.63, 3.8) is 0 Å². The molecule has 2 heterocycles. The molecule has 0 spiro atoms. The van der Waals surface area contributed by atoms with Gasteiger partial charge in [-0.2, -0.15) is 0 Å². The second kappa shape index (κ2) is 13.4. The summed E-state index contributed by atoms with van der Waals surface area (Å²) in [5.41, 5.74) is 3.12. The third-order valence-electron chi connectivity index (χ3n) is 8.91. The molecule has 0 unspecified atom stereocenters. The van der Waals surface area contributed by atoms with Gasteiger partial charge in [0.2, 0.25) is 0 Å². The van der Waals surface area contributed by atoms with E-state index in [2.05, 4.69) is 33.9 Å². The zero-order chi connectivity index (χ0) is 32.4. The molecule has 0 saturated carbocycles. The lowest BCUT2D eigenvalue weighted by molar-refractivity contribution is -0.142. The quantitative estimate of drug-likeness (QED) is 0.190. The molecular weight excluding hydrogens is 590 g/mol. The summed E-state index contributed by atoms with van der Waals surface area (Å²) in [4.78, 5) is 18.1. The van der Waals surface area contributed by atoms with Crippen molar-refractivity contribution in [1.82, 2.24) is 0 Å². The molecule has 9 nitrogen and oxygen atoms in total. The molecule has 0 aliphatic carbocycles. The van der Waals surface area contributed by atoms with Crippen LogP contribution in [0.4, 0.5) is 5.69 Å². The van der Waals surface area contributed by atoms with Crippen LogP contribution in [0, 0.1) is 0 Å². The highest BCUT2D eigenvalue weighted by atomic mass is 28.4. The number of methoxy groups -OCH3 is 1. The number of hydrogen-bond donors (Lipinski definition) is 1. The number of benzene rings is 3. The van der Waals surface area contributed by atoms with Gasteiger partial charge in [-0.3, -0.25) is 4.79 Å². The predicted octanol–water partition coefficient (Wildman–Crippen LogP) is 6.39. The van der Waals surface area contributed by atoms with Crippen molar-refractivity contribution in [2.24, 2.45) is 0 Å². The zero-order valence-electron chi connectivity index (χ0n) is 27.2. The van der Waals surface area contributed by atoms with Crippen molar-refractivity contribution in [3.05, 3.63) is 83.4 Å². The second-order valence-corrected chi connectivity index (χ2v) is 18.0. The molecule has 1 saturated heterocycles. The number of ether oxygens (including phenoxy) is 4. The maximum absolute atomic E-state index is 12.4. The summed E-state index contributed by atoms with van der Waals surface area (Å²) in [7, 11) is -0.576. The predicted molar refractivity (Wildman–Crippen MR) is 174 cm³/mol. The molecule has 0 radical (unpaired) electrons. The van der Waals surface area contributed by atoms with E-state index in [1.54, 1.807) is 12.2 Å². The summed E-state index contributed by atoms with van der Waals surface area (Å²) in [6.45, 7) is 13.4. The smallest absolute Gasteiger partial charge is 0.329 e. The van der Waals surface area contributed by atoms with Gasteiger partial charge in [0.25, 0.3) is 0 Å². The van der Waals surface area contributed by atoms with E-state index in [1.807, 2.05) is 66.7 Å². The van der Waals surface area contributed by atoms with E-state index in [4.69, 9.17) is 28.2 Å². The first-order valence-corrected chi connectivity index (χ1v) is 18.3. The van der Waals surface area contributed by atoms with Crippen LogP contribution in [-0.2, 0) is 32.0 Å². The van der Waals surface area contributed by atoms with E-state index < -0.39 is 32.4 Å². The Morgan fingerprint density at radius 1 is 0.978 bits per heavy atom. The fraction of sp³-hybridized carbons (Fsp3) is 0.457. The number of rotatable bonds is 11. The van der Waals surface area contributed by atoms with E-state index in [-0.39, 0.29) is 30.9 Å². The summed E-state index contributed by atoms with van der Waals surface area (Å²) in [6, 6.07) is 21.2. The standard InChI is InChI=1S/C35H45NO8Si/c1-23(37)44-36-19-31-34(43-31)33(38)28(22-42-45(6,7)35(2,3)4)32-29(36)17-25(21-40-27-15-13-26(39-5)14-16-27)18-30(32)41-20-24-11-9-8-10-12-24/h8-18,28,31,33-34,38H,19-22H2,1-7H3/t28-,31+,33+,34+/m0/s1. The minimum atomic E-state index is -2.20. The third-order valence-corrected chi connectivity index (χ3v) is 13.4. The van der Waals surface area contributed by atoms with Crippen LogP contribution in [0.25, 0.3) is 0 Å².